The summed E-state index contributed by atoms with van der Waals surface area (Å²) in [5.74, 6) is 1.18. The third kappa shape index (κ3) is 5.22. The van der Waals surface area contributed by atoms with Gasteiger partial charge in [-0.15, -0.1) is 0 Å². The molecule has 5 rings (SSSR count). The maximum Gasteiger partial charge on any atom is 0.407 e. The number of fused-ring (bicyclic) bond motifs is 2. The summed E-state index contributed by atoms with van der Waals surface area (Å²) in [6.45, 7) is 3.75. The Bertz CT molecular complexity index is 1290. The third-order valence-electron chi connectivity index (χ3n) is 6.36. The van der Waals surface area contributed by atoms with Crippen LogP contribution in [0.2, 0.25) is 0 Å². The summed E-state index contributed by atoms with van der Waals surface area (Å²) in [6, 6.07) is 5.26. The molecule has 0 unspecified atom stereocenters. The van der Waals surface area contributed by atoms with E-state index in [1.807, 2.05) is 6.07 Å². The number of ether oxygens (including phenoxy) is 2. The van der Waals surface area contributed by atoms with Crippen LogP contribution in [0.5, 0.6) is 11.5 Å². The number of hydrogen-bond acceptors (Lipinski definition) is 8. The molecule has 5 heterocycles. The van der Waals surface area contributed by atoms with Gasteiger partial charge in [0.05, 0.1) is 24.6 Å². The summed E-state index contributed by atoms with van der Waals surface area (Å²) in [6.07, 6.45) is 3.34. The number of pyridine rings is 2. The van der Waals surface area contributed by atoms with E-state index in [2.05, 4.69) is 35.8 Å². The molecule has 1 amide bonds. The molecule has 3 aromatic rings. The SMILES string of the molecule is O=C(O)N(Cc1cc2c(cn1)OCCO2)C1CCN(CCn2c(=O)cnc3ccc(Br)nc32)CC1. The van der Waals surface area contributed by atoms with Crippen molar-refractivity contribution in [3.63, 3.8) is 0 Å². The first-order valence-electron chi connectivity index (χ1n) is 11.5. The van der Waals surface area contributed by atoms with E-state index in [9.17, 15) is 14.7 Å². The molecule has 2 aliphatic rings. The first kappa shape index (κ1) is 23.5. The second-order valence-electron chi connectivity index (χ2n) is 8.53. The zero-order chi connectivity index (χ0) is 24.4. The van der Waals surface area contributed by atoms with Crippen LogP contribution < -0.4 is 15.0 Å². The molecular formula is C23H25BrN6O5. The Morgan fingerprint density at radius 2 is 1.89 bits per heavy atom. The number of hydrogen-bond donors (Lipinski definition) is 1. The van der Waals surface area contributed by atoms with Crippen LogP contribution in [-0.2, 0) is 13.1 Å². The smallest absolute Gasteiger partial charge is 0.407 e. The largest absolute Gasteiger partial charge is 0.486 e. The molecule has 11 nitrogen and oxygen atoms in total. The van der Waals surface area contributed by atoms with Crippen molar-refractivity contribution in [2.24, 2.45) is 0 Å². The van der Waals surface area contributed by atoms with Crippen molar-refractivity contribution < 1.29 is 19.4 Å². The number of halogens is 1. The highest BCUT2D eigenvalue weighted by atomic mass is 79.9. The van der Waals surface area contributed by atoms with Crippen LogP contribution in [0, 0.1) is 0 Å². The first-order chi connectivity index (χ1) is 17.0. The predicted molar refractivity (Wildman–Crippen MR) is 130 cm³/mol. The van der Waals surface area contributed by atoms with Gasteiger partial charge in [0.25, 0.3) is 5.56 Å². The fourth-order valence-corrected chi connectivity index (χ4v) is 4.83. The van der Waals surface area contributed by atoms with Gasteiger partial charge in [0.15, 0.2) is 17.1 Å². The zero-order valence-corrected chi connectivity index (χ0v) is 20.6. The highest BCUT2D eigenvalue weighted by Gasteiger charge is 2.28. The lowest BCUT2D eigenvalue weighted by Gasteiger charge is -2.37. The van der Waals surface area contributed by atoms with Gasteiger partial charge in [-0.25, -0.2) is 14.8 Å². The van der Waals surface area contributed by atoms with E-state index >= 15 is 0 Å². The van der Waals surface area contributed by atoms with Gasteiger partial charge in [-0.3, -0.25) is 19.2 Å². The molecule has 12 heteroatoms. The minimum absolute atomic E-state index is 0.110. The summed E-state index contributed by atoms with van der Waals surface area (Å²) in [5, 5.41) is 9.87. The van der Waals surface area contributed by atoms with Crippen molar-refractivity contribution in [1.29, 1.82) is 0 Å². The number of nitrogens with zero attached hydrogens (tertiary/aromatic N) is 6. The summed E-state index contributed by atoms with van der Waals surface area (Å²) < 4.78 is 13.4. The molecule has 184 valence electrons. The van der Waals surface area contributed by atoms with Crippen molar-refractivity contribution >= 4 is 33.2 Å². The molecule has 0 atom stereocenters. The molecule has 1 saturated heterocycles. The fourth-order valence-electron chi connectivity index (χ4n) is 4.53. The number of piperidine rings is 1. The van der Waals surface area contributed by atoms with Crippen molar-refractivity contribution in [3.8, 4) is 11.5 Å². The standard InChI is InChI=1S/C23H25BrN6O5/c24-20-2-1-17-22(27-20)29(21(31)13-26-17)8-7-28-5-3-16(4-6-28)30(23(32)33)14-15-11-18-19(12-25-15)35-10-9-34-18/h1-2,11-13,16H,3-10,14H2,(H,32,33). The zero-order valence-electron chi connectivity index (χ0n) is 19.0. The van der Waals surface area contributed by atoms with Gasteiger partial charge < -0.3 is 19.5 Å². The van der Waals surface area contributed by atoms with Gasteiger partial charge >= 0.3 is 6.09 Å². The Morgan fingerprint density at radius 3 is 2.66 bits per heavy atom. The molecule has 0 bridgehead atoms. The minimum atomic E-state index is -0.966. The fraction of sp³-hybridized carbons (Fsp3) is 0.435. The Balaban J connectivity index is 1.21. The number of carboxylic acid groups (broad SMARTS) is 1. The molecule has 0 aromatic carbocycles. The van der Waals surface area contributed by atoms with Crippen molar-refractivity contribution in [3.05, 3.63) is 51.2 Å². The van der Waals surface area contributed by atoms with E-state index in [4.69, 9.17) is 9.47 Å². The topological polar surface area (TPSA) is 123 Å². The summed E-state index contributed by atoms with van der Waals surface area (Å²) >= 11 is 3.36. The monoisotopic (exact) mass is 544 g/mol. The van der Waals surface area contributed by atoms with Crippen molar-refractivity contribution in [2.45, 2.75) is 32.0 Å². The lowest BCUT2D eigenvalue weighted by atomic mass is 10.0. The Labute approximate surface area is 209 Å². The van der Waals surface area contributed by atoms with Crippen LogP contribution >= 0.6 is 15.9 Å². The summed E-state index contributed by atoms with van der Waals surface area (Å²) in [7, 11) is 0. The summed E-state index contributed by atoms with van der Waals surface area (Å²) in [4.78, 5) is 41.1. The normalized spacial score (nSPS) is 16.4. The number of aromatic nitrogens is 4. The predicted octanol–water partition coefficient (Wildman–Crippen LogP) is 2.36. The number of amides is 1. The molecule has 0 saturated carbocycles. The van der Waals surface area contributed by atoms with Crippen LogP contribution in [0.1, 0.15) is 18.5 Å². The molecule has 0 radical (unpaired) electrons. The second-order valence-corrected chi connectivity index (χ2v) is 9.34. The molecule has 1 fully saturated rings. The average Bonchev–Trinajstić information content (AvgIpc) is 2.87. The third-order valence-corrected chi connectivity index (χ3v) is 6.80. The quantitative estimate of drug-likeness (QED) is 0.465. The van der Waals surface area contributed by atoms with Crippen LogP contribution in [0.3, 0.4) is 0 Å². The van der Waals surface area contributed by atoms with Gasteiger partial charge in [-0.1, -0.05) is 0 Å². The van der Waals surface area contributed by atoms with Crippen molar-refractivity contribution in [2.75, 3.05) is 32.8 Å². The highest BCUT2D eigenvalue weighted by molar-refractivity contribution is 9.10. The molecular weight excluding hydrogens is 520 g/mol. The molecule has 35 heavy (non-hydrogen) atoms. The molecule has 1 N–H and O–H groups in total. The van der Waals surface area contributed by atoms with Crippen LogP contribution in [0.15, 0.2) is 40.0 Å². The average molecular weight is 545 g/mol. The van der Waals surface area contributed by atoms with Gasteiger partial charge in [-0.05, 0) is 40.9 Å². The van der Waals surface area contributed by atoms with Gasteiger partial charge in [0.2, 0.25) is 0 Å². The van der Waals surface area contributed by atoms with E-state index in [1.165, 1.54) is 11.1 Å². The second kappa shape index (κ2) is 10.2. The molecule has 3 aromatic heterocycles. The highest BCUT2D eigenvalue weighted by Crippen LogP contribution is 2.30. The molecule has 0 aliphatic carbocycles. The molecule has 0 spiro atoms. The maximum atomic E-state index is 12.4. The van der Waals surface area contributed by atoms with E-state index < -0.39 is 6.09 Å². The van der Waals surface area contributed by atoms with Crippen molar-refractivity contribution in [1.82, 2.24) is 29.3 Å². The Hall–Kier alpha value is -3.25. The number of likely N-dealkylation sites (tertiary alicyclic amines) is 1. The van der Waals surface area contributed by atoms with Gasteiger partial charge in [0, 0.05) is 38.3 Å². The van der Waals surface area contributed by atoms with Gasteiger partial charge in [-0.2, -0.15) is 0 Å². The van der Waals surface area contributed by atoms with E-state index in [0.717, 1.165) is 13.1 Å². The maximum absolute atomic E-state index is 12.4. The van der Waals surface area contributed by atoms with E-state index in [1.54, 1.807) is 22.9 Å². The summed E-state index contributed by atoms with van der Waals surface area (Å²) in [5.41, 5.74) is 1.64. The lowest BCUT2D eigenvalue weighted by molar-refractivity contribution is 0.0848. The van der Waals surface area contributed by atoms with Crippen LogP contribution in [0.4, 0.5) is 4.79 Å². The van der Waals surface area contributed by atoms with Gasteiger partial charge in [0.1, 0.15) is 23.3 Å². The van der Waals surface area contributed by atoms with E-state index in [0.29, 0.717) is 72.1 Å². The lowest BCUT2D eigenvalue weighted by Crippen LogP contribution is -2.47. The first-order valence-corrected chi connectivity index (χ1v) is 12.3. The number of carbonyl (C=O) groups is 1. The number of rotatable bonds is 6. The Kier molecular flexibility index (Phi) is 6.82. The Morgan fingerprint density at radius 1 is 1.11 bits per heavy atom. The van der Waals surface area contributed by atoms with Crippen LogP contribution in [0.25, 0.3) is 11.2 Å². The minimum Gasteiger partial charge on any atom is -0.486 e. The van der Waals surface area contributed by atoms with E-state index in [-0.39, 0.29) is 18.1 Å². The van der Waals surface area contributed by atoms with Crippen LogP contribution in [-0.4, -0.2) is 79.4 Å². The molecule has 2 aliphatic heterocycles.